The largest absolute Gasteiger partial charge is 0.481 e. The van der Waals surface area contributed by atoms with Crippen molar-refractivity contribution < 1.29 is 13.9 Å². The highest BCUT2D eigenvalue weighted by molar-refractivity contribution is 5.78. The van der Waals surface area contributed by atoms with Gasteiger partial charge in [-0.05, 0) is 31.4 Å². The number of para-hydroxylation sites is 1. The Balaban J connectivity index is 1.32. The van der Waals surface area contributed by atoms with Gasteiger partial charge in [0.2, 0.25) is 0 Å². The van der Waals surface area contributed by atoms with Crippen LogP contribution in [0.1, 0.15) is 36.9 Å². The number of rotatable bonds is 5. The van der Waals surface area contributed by atoms with Crippen LogP contribution in [0, 0.1) is 5.82 Å². The van der Waals surface area contributed by atoms with Gasteiger partial charge < -0.3 is 9.64 Å². The maximum Gasteiger partial charge on any atom is 0.260 e. The van der Waals surface area contributed by atoms with Crippen LogP contribution < -0.4 is 4.74 Å². The zero-order valence-corrected chi connectivity index (χ0v) is 13.3. The summed E-state index contributed by atoms with van der Waals surface area (Å²) in [5.74, 6) is 0.0853. The van der Waals surface area contributed by atoms with Crippen molar-refractivity contribution in [1.82, 2.24) is 19.9 Å². The molecular weight excluding hydrogens is 311 g/mol. The molecule has 1 atom stereocenters. The second-order valence-electron chi connectivity index (χ2n) is 6.40. The van der Waals surface area contributed by atoms with Crippen LogP contribution in [0.2, 0.25) is 0 Å². The number of benzene rings is 1. The fraction of sp³-hybridized carbons (Fsp3) is 0.471. The van der Waals surface area contributed by atoms with Gasteiger partial charge in [0, 0.05) is 25.2 Å². The summed E-state index contributed by atoms with van der Waals surface area (Å²) in [7, 11) is 0. The summed E-state index contributed by atoms with van der Waals surface area (Å²) in [4.78, 5) is 14.0. The highest BCUT2D eigenvalue weighted by Crippen LogP contribution is 2.39. The molecule has 0 bridgehead atoms. The standard InChI is InChI=1S/C17H19FN4O2/c18-14-3-1-2-4-16(14)24-11-17(23)21-8-7-13(9-21)22-10-15(19-20-22)12-5-6-12/h1-4,10,12-13H,5-9,11H2. The lowest BCUT2D eigenvalue weighted by Crippen LogP contribution is -2.33. The number of aromatic nitrogens is 3. The topological polar surface area (TPSA) is 60.2 Å². The number of carbonyl (C=O) groups excluding carboxylic acids is 1. The Morgan fingerprint density at radius 1 is 1.29 bits per heavy atom. The Hall–Kier alpha value is -2.44. The lowest BCUT2D eigenvalue weighted by molar-refractivity contribution is -0.132. The van der Waals surface area contributed by atoms with E-state index in [0.717, 1.165) is 12.1 Å². The lowest BCUT2D eigenvalue weighted by Gasteiger charge is -2.17. The Bertz CT molecular complexity index is 744. The van der Waals surface area contributed by atoms with E-state index in [2.05, 4.69) is 10.3 Å². The van der Waals surface area contributed by atoms with Crippen molar-refractivity contribution in [3.8, 4) is 5.75 Å². The number of hydrogen-bond acceptors (Lipinski definition) is 4. The molecule has 24 heavy (non-hydrogen) atoms. The van der Waals surface area contributed by atoms with Crippen molar-refractivity contribution >= 4 is 5.91 Å². The molecule has 0 N–H and O–H groups in total. The van der Waals surface area contributed by atoms with E-state index in [1.807, 2.05) is 10.9 Å². The van der Waals surface area contributed by atoms with E-state index in [-0.39, 0.29) is 24.3 Å². The van der Waals surface area contributed by atoms with E-state index in [1.165, 1.54) is 25.0 Å². The SMILES string of the molecule is O=C(COc1ccccc1F)N1CCC(n2cc(C3CC3)nn2)C1. The summed E-state index contributed by atoms with van der Waals surface area (Å²) >= 11 is 0. The Morgan fingerprint density at radius 2 is 2.12 bits per heavy atom. The number of halogens is 1. The van der Waals surface area contributed by atoms with Crippen molar-refractivity contribution in [2.24, 2.45) is 0 Å². The minimum Gasteiger partial charge on any atom is -0.481 e. The quantitative estimate of drug-likeness (QED) is 0.843. The smallest absolute Gasteiger partial charge is 0.260 e. The third-order valence-electron chi connectivity index (χ3n) is 4.60. The molecule has 1 aromatic heterocycles. The van der Waals surface area contributed by atoms with Gasteiger partial charge in [0.1, 0.15) is 0 Å². The Morgan fingerprint density at radius 3 is 2.92 bits per heavy atom. The Labute approximate surface area is 139 Å². The van der Waals surface area contributed by atoms with E-state index in [4.69, 9.17) is 4.74 Å². The molecule has 0 spiro atoms. The Kier molecular flexibility index (Phi) is 3.92. The number of ether oxygens (including phenoxy) is 1. The van der Waals surface area contributed by atoms with Gasteiger partial charge in [0.15, 0.2) is 18.2 Å². The summed E-state index contributed by atoms with van der Waals surface area (Å²) in [5, 5.41) is 8.43. The maximum atomic E-state index is 13.5. The molecular formula is C17H19FN4O2. The molecule has 1 aromatic carbocycles. The van der Waals surface area contributed by atoms with E-state index in [0.29, 0.717) is 19.0 Å². The zero-order valence-electron chi connectivity index (χ0n) is 13.3. The van der Waals surface area contributed by atoms with Gasteiger partial charge in [-0.2, -0.15) is 0 Å². The van der Waals surface area contributed by atoms with Crippen molar-refractivity contribution in [3.63, 3.8) is 0 Å². The minimum atomic E-state index is -0.459. The first kappa shape index (κ1) is 15.1. The van der Waals surface area contributed by atoms with Gasteiger partial charge in [0.05, 0.1) is 11.7 Å². The fourth-order valence-electron chi connectivity index (χ4n) is 3.01. The summed E-state index contributed by atoms with van der Waals surface area (Å²) in [6.45, 7) is 1.09. The first-order valence-corrected chi connectivity index (χ1v) is 8.27. The molecule has 7 heteroatoms. The number of carbonyl (C=O) groups is 1. The molecule has 6 nitrogen and oxygen atoms in total. The predicted octanol–water partition coefficient (Wildman–Crippen LogP) is 2.15. The molecule has 1 aliphatic heterocycles. The minimum absolute atomic E-state index is 0.104. The van der Waals surface area contributed by atoms with Crippen LogP contribution in [-0.2, 0) is 4.79 Å². The van der Waals surface area contributed by atoms with E-state index < -0.39 is 5.82 Å². The second kappa shape index (κ2) is 6.22. The first-order chi connectivity index (χ1) is 11.7. The van der Waals surface area contributed by atoms with Gasteiger partial charge >= 0.3 is 0 Å². The number of nitrogens with zero attached hydrogens (tertiary/aromatic N) is 4. The van der Waals surface area contributed by atoms with E-state index >= 15 is 0 Å². The maximum absolute atomic E-state index is 13.5. The normalized spacial score (nSPS) is 20.4. The van der Waals surface area contributed by atoms with E-state index in [1.54, 1.807) is 17.0 Å². The summed E-state index contributed by atoms with van der Waals surface area (Å²) in [5.41, 5.74) is 1.06. The molecule has 1 unspecified atom stereocenters. The number of likely N-dealkylation sites (tertiary alicyclic amines) is 1. The zero-order chi connectivity index (χ0) is 16.5. The fourth-order valence-corrected chi connectivity index (χ4v) is 3.01. The third kappa shape index (κ3) is 3.11. The molecule has 1 amide bonds. The average molecular weight is 330 g/mol. The van der Waals surface area contributed by atoms with Gasteiger partial charge in [-0.15, -0.1) is 5.10 Å². The van der Waals surface area contributed by atoms with Crippen molar-refractivity contribution in [1.29, 1.82) is 0 Å². The van der Waals surface area contributed by atoms with Crippen LogP contribution in [0.15, 0.2) is 30.5 Å². The molecule has 4 rings (SSSR count). The van der Waals surface area contributed by atoms with Gasteiger partial charge in [-0.25, -0.2) is 9.07 Å². The molecule has 2 aromatic rings. The van der Waals surface area contributed by atoms with Crippen LogP contribution in [0.4, 0.5) is 4.39 Å². The molecule has 2 aliphatic rings. The molecule has 2 heterocycles. The van der Waals surface area contributed by atoms with Crippen LogP contribution in [0.3, 0.4) is 0 Å². The van der Waals surface area contributed by atoms with Crippen molar-refractivity contribution in [3.05, 3.63) is 42.0 Å². The van der Waals surface area contributed by atoms with Crippen LogP contribution in [-0.4, -0.2) is 45.5 Å². The van der Waals surface area contributed by atoms with Gasteiger partial charge in [-0.1, -0.05) is 17.3 Å². The van der Waals surface area contributed by atoms with Gasteiger partial charge in [-0.3, -0.25) is 4.79 Å². The summed E-state index contributed by atoms with van der Waals surface area (Å²) in [6.07, 6.45) is 5.24. The molecule has 1 saturated carbocycles. The molecule has 1 aliphatic carbocycles. The van der Waals surface area contributed by atoms with Crippen LogP contribution in [0.5, 0.6) is 5.75 Å². The summed E-state index contributed by atoms with van der Waals surface area (Å²) < 4.78 is 20.7. The summed E-state index contributed by atoms with van der Waals surface area (Å²) in [6, 6.07) is 6.25. The second-order valence-corrected chi connectivity index (χ2v) is 6.40. The van der Waals surface area contributed by atoms with Gasteiger partial charge in [0.25, 0.3) is 5.91 Å². The highest BCUT2D eigenvalue weighted by atomic mass is 19.1. The number of amides is 1. The van der Waals surface area contributed by atoms with E-state index in [9.17, 15) is 9.18 Å². The van der Waals surface area contributed by atoms with Crippen molar-refractivity contribution in [2.75, 3.05) is 19.7 Å². The molecule has 2 fully saturated rings. The third-order valence-corrected chi connectivity index (χ3v) is 4.60. The van der Waals surface area contributed by atoms with Crippen LogP contribution in [0.25, 0.3) is 0 Å². The van der Waals surface area contributed by atoms with Crippen molar-refractivity contribution in [2.45, 2.75) is 31.2 Å². The monoisotopic (exact) mass is 330 g/mol. The molecule has 126 valence electrons. The lowest BCUT2D eigenvalue weighted by atomic mass is 10.2. The molecule has 0 radical (unpaired) electrons. The highest BCUT2D eigenvalue weighted by Gasteiger charge is 2.31. The first-order valence-electron chi connectivity index (χ1n) is 8.27. The average Bonchev–Trinajstić information content (AvgIpc) is 3.12. The van der Waals surface area contributed by atoms with Crippen LogP contribution >= 0.6 is 0 Å². The number of hydrogen-bond donors (Lipinski definition) is 0. The molecule has 1 saturated heterocycles. The predicted molar refractivity (Wildman–Crippen MR) is 84.1 cm³/mol.